The van der Waals surface area contributed by atoms with Crippen LogP contribution in [0.15, 0.2) is 42.5 Å². The van der Waals surface area contributed by atoms with E-state index in [0.717, 1.165) is 12.1 Å². The van der Waals surface area contributed by atoms with Crippen LogP contribution in [0.2, 0.25) is 0 Å². The first-order chi connectivity index (χ1) is 13.2. The maximum atomic E-state index is 13.4. The van der Waals surface area contributed by atoms with E-state index in [4.69, 9.17) is 0 Å². The summed E-state index contributed by atoms with van der Waals surface area (Å²) in [6.07, 6.45) is -0.301. The first-order valence-corrected chi connectivity index (χ1v) is 8.02. The zero-order valence-corrected chi connectivity index (χ0v) is 14.6. The van der Waals surface area contributed by atoms with Gasteiger partial charge in [0.2, 0.25) is 11.7 Å². The molecule has 2 rings (SSSR count). The molecule has 0 fully saturated rings. The number of nitro groups is 1. The average molecular weight is 389 g/mol. The number of carboxylic acid groups (broad SMARTS) is 1. The minimum atomic E-state index is -1.43. The van der Waals surface area contributed by atoms with Gasteiger partial charge in [0, 0.05) is 19.4 Å². The Morgan fingerprint density at radius 3 is 2.50 bits per heavy atom. The molecule has 0 heterocycles. The van der Waals surface area contributed by atoms with E-state index in [1.54, 1.807) is 12.1 Å². The lowest BCUT2D eigenvalue weighted by Gasteiger charge is -2.16. The van der Waals surface area contributed by atoms with Crippen molar-refractivity contribution in [2.24, 2.45) is 0 Å². The third-order valence-corrected chi connectivity index (χ3v) is 3.73. The Hall–Kier alpha value is -3.82. The van der Waals surface area contributed by atoms with Gasteiger partial charge in [-0.3, -0.25) is 19.7 Å². The fourth-order valence-electron chi connectivity index (χ4n) is 2.48. The van der Waals surface area contributed by atoms with Crippen molar-refractivity contribution in [3.8, 4) is 0 Å². The minimum Gasteiger partial charge on any atom is -0.480 e. The lowest BCUT2D eigenvalue weighted by molar-refractivity contribution is -0.387. The second-order valence-electron chi connectivity index (χ2n) is 5.84. The van der Waals surface area contributed by atoms with Gasteiger partial charge < -0.3 is 15.7 Å². The monoisotopic (exact) mass is 389 g/mol. The Morgan fingerprint density at radius 2 is 1.89 bits per heavy atom. The van der Waals surface area contributed by atoms with Crippen molar-refractivity contribution < 1.29 is 28.8 Å². The second-order valence-corrected chi connectivity index (χ2v) is 5.84. The molecule has 0 aliphatic heterocycles. The first-order valence-electron chi connectivity index (χ1n) is 8.02. The fourth-order valence-corrected chi connectivity index (χ4v) is 2.48. The summed E-state index contributed by atoms with van der Waals surface area (Å²) in [5.74, 6) is -3.59. The van der Waals surface area contributed by atoms with E-state index in [0.29, 0.717) is 0 Å². The molecule has 0 radical (unpaired) electrons. The van der Waals surface area contributed by atoms with E-state index in [9.17, 15) is 34.0 Å². The Kier molecular flexibility index (Phi) is 6.38. The summed E-state index contributed by atoms with van der Waals surface area (Å²) >= 11 is 0. The van der Waals surface area contributed by atoms with E-state index in [1.165, 1.54) is 25.1 Å². The van der Waals surface area contributed by atoms with E-state index in [-0.39, 0.29) is 23.2 Å². The molecule has 0 aliphatic rings. The van der Waals surface area contributed by atoms with Crippen LogP contribution < -0.4 is 10.6 Å². The second kappa shape index (κ2) is 8.71. The third kappa shape index (κ3) is 5.10. The molecule has 2 amide bonds. The van der Waals surface area contributed by atoms with Gasteiger partial charge in [-0.15, -0.1) is 0 Å². The SMILES string of the molecule is CC(=O)Nc1ccccc1C(=O)N[C@H](Cc1ccc(F)c([N+](=O)[O-])c1)C(=O)O. The van der Waals surface area contributed by atoms with Gasteiger partial charge in [0.15, 0.2) is 0 Å². The molecule has 2 aromatic carbocycles. The molecule has 28 heavy (non-hydrogen) atoms. The summed E-state index contributed by atoms with van der Waals surface area (Å²) in [4.78, 5) is 45.2. The van der Waals surface area contributed by atoms with Crippen molar-refractivity contribution in [3.63, 3.8) is 0 Å². The number of carbonyl (C=O) groups excluding carboxylic acids is 2. The quantitative estimate of drug-likeness (QED) is 0.490. The van der Waals surface area contributed by atoms with Crippen LogP contribution in [-0.2, 0) is 16.0 Å². The van der Waals surface area contributed by atoms with Crippen molar-refractivity contribution >= 4 is 29.2 Å². The van der Waals surface area contributed by atoms with Crippen LogP contribution in [-0.4, -0.2) is 33.9 Å². The molecular formula is C18H16FN3O6. The normalized spacial score (nSPS) is 11.4. The highest BCUT2D eigenvalue weighted by Crippen LogP contribution is 2.20. The summed E-state index contributed by atoms with van der Waals surface area (Å²) in [6.45, 7) is 1.26. The van der Waals surface area contributed by atoms with E-state index in [2.05, 4.69) is 10.6 Å². The van der Waals surface area contributed by atoms with Gasteiger partial charge in [0.1, 0.15) is 6.04 Å². The Morgan fingerprint density at radius 1 is 1.21 bits per heavy atom. The molecule has 0 bridgehead atoms. The Labute approximate surface area is 158 Å². The Balaban J connectivity index is 2.24. The summed E-state index contributed by atoms with van der Waals surface area (Å²) in [5.41, 5.74) is -0.372. The number of benzene rings is 2. The summed E-state index contributed by atoms with van der Waals surface area (Å²) in [5, 5.41) is 25.0. The van der Waals surface area contributed by atoms with Crippen LogP contribution in [0.4, 0.5) is 15.8 Å². The number of carbonyl (C=O) groups is 3. The van der Waals surface area contributed by atoms with Crippen LogP contribution in [0.25, 0.3) is 0 Å². The first kappa shape index (κ1) is 20.5. The minimum absolute atomic E-state index is 0.0500. The van der Waals surface area contributed by atoms with Crippen molar-refractivity contribution in [1.82, 2.24) is 5.32 Å². The van der Waals surface area contributed by atoms with Crippen LogP contribution in [0.3, 0.4) is 0 Å². The van der Waals surface area contributed by atoms with Crippen LogP contribution in [0, 0.1) is 15.9 Å². The highest BCUT2D eigenvalue weighted by atomic mass is 19.1. The van der Waals surface area contributed by atoms with Crippen molar-refractivity contribution in [2.75, 3.05) is 5.32 Å². The van der Waals surface area contributed by atoms with E-state index < -0.39 is 40.3 Å². The summed E-state index contributed by atoms with van der Waals surface area (Å²) in [6, 6.07) is 7.58. The molecule has 1 atom stereocenters. The number of rotatable bonds is 7. The van der Waals surface area contributed by atoms with E-state index in [1.807, 2.05) is 0 Å². The van der Waals surface area contributed by atoms with Gasteiger partial charge in [0.25, 0.3) is 5.91 Å². The molecule has 0 saturated heterocycles. The molecule has 0 spiro atoms. The molecule has 0 aliphatic carbocycles. The number of anilines is 1. The number of amides is 2. The molecule has 9 nitrogen and oxygen atoms in total. The van der Waals surface area contributed by atoms with Gasteiger partial charge in [-0.1, -0.05) is 18.2 Å². The predicted molar refractivity (Wildman–Crippen MR) is 96.4 cm³/mol. The number of nitrogens with zero attached hydrogens (tertiary/aromatic N) is 1. The number of halogens is 1. The number of nitro benzene ring substituents is 1. The van der Waals surface area contributed by atoms with Crippen LogP contribution in [0.5, 0.6) is 0 Å². The molecule has 0 unspecified atom stereocenters. The highest BCUT2D eigenvalue weighted by molar-refractivity contribution is 6.04. The molecule has 146 valence electrons. The lowest BCUT2D eigenvalue weighted by Crippen LogP contribution is -2.42. The summed E-state index contributed by atoms with van der Waals surface area (Å²) < 4.78 is 13.4. The smallest absolute Gasteiger partial charge is 0.326 e. The summed E-state index contributed by atoms with van der Waals surface area (Å²) in [7, 11) is 0. The number of nitrogens with one attached hydrogen (secondary N) is 2. The van der Waals surface area contributed by atoms with Gasteiger partial charge in [0.05, 0.1) is 16.2 Å². The Bertz CT molecular complexity index is 947. The zero-order valence-electron chi connectivity index (χ0n) is 14.6. The number of hydrogen-bond acceptors (Lipinski definition) is 5. The van der Waals surface area contributed by atoms with Gasteiger partial charge in [-0.25, -0.2) is 4.79 Å². The number of aliphatic carboxylic acids is 1. The topological polar surface area (TPSA) is 139 Å². The van der Waals surface area contributed by atoms with Gasteiger partial charge in [-0.2, -0.15) is 4.39 Å². The third-order valence-electron chi connectivity index (χ3n) is 3.73. The maximum Gasteiger partial charge on any atom is 0.326 e. The van der Waals surface area contributed by atoms with Gasteiger partial charge in [-0.05, 0) is 23.8 Å². The number of para-hydroxylation sites is 1. The molecule has 0 aromatic heterocycles. The molecule has 2 aromatic rings. The maximum absolute atomic E-state index is 13.4. The molecule has 10 heteroatoms. The van der Waals surface area contributed by atoms with Crippen molar-refractivity contribution in [3.05, 3.63) is 69.5 Å². The highest BCUT2D eigenvalue weighted by Gasteiger charge is 2.24. The molecule has 0 saturated carbocycles. The molecule has 3 N–H and O–H groups in total. The van der Waals surface area contributed by atoms with Crippen molar-refractivity contribution in [2.45, 2.75) is 19.4 Å². The van der Waals surface area contributed by atoms with Crippen molar-refractivity contribution in [1.29, 1.82) is 0 Å². The largest absolute Gasteiger partial charge is 0.480 e. The van der Waals surface area contributed by atoms with Crippen LogP contribution in [0.1, 0.15) is 22.8 Å². The fraction of sp³-hybridized carbons (Fsp3) is 0.167. The average Bonchev–Trinajstić information content (AvgIpc) is 2.62. The van der Waals surface area contributed by atoms with Gasteiger partial charge >= 0.3 is 11.7 Å². The molecular weight excluding hydrogens is 373 g/mol. The number of hydrogen-bond donors (Lipinski definition) is 3. The predicted octanol–water partition coefficient (Wildman–Crippen LogP) is 2.12. The number of carboxylic acids is 1. The van der Waals surface area contributed by atoms with E-state index >= 15 is 0 Å². The van der Waals surface area contributed by atoms with Crippen LogP contribution >= 0.6 is 0 Å². The zero-order chi connectivity index (χ0) is 20.8. The lowest BCUT2D eigenvalue weighted by atomic mass is 10.0. The standard InChI is InChI=1S/C18H16FN3O6/c1-10(23)20-14-5-3-2-4-12(14)17(24)21-15(18(25)26)8-11-6-7-13(19)16(9-11)22(27)28/h2-7,9,15H,8H2,1H3,(H,20,23)(H,21,24)(H,25,26)/t15-/m1/s1.